The minimum atomic E-state index is 0.190. The molecule has 1 atom stereocenters. The van der Waals surface area contributed by atoms with Gasteiger partial charge >= 0.3 is 0 Å². The van der Waals surface area contributed by atoms with E-state index < -0.39 is 0 Å². The number of nitrogens with two attached hydrogens (primary N) is 1. The fourth-order valence-electron chi connectivity index (χ4n) is 2.50. The minimum Gasteiger partial charge on any atom is -0.398 e. The van der Waals surface area contributed by atoms with E-state index in [-0.39, 0.29) is 11.3 Å². The Morgan fingerprint density at radius 1 is 1.30 bits per heavy atom. The molecular formula is C19H27N. The molecule has 2 N–H and O–H groups in total. The van der Waals surface area contributed by atoms with Crippen LogP contribution in [0.15, 0.2) is 55.7 Å². The van der Waals surface area contributed by atoms with E-state index in [2.05, 4.69) is 40.5 Å². The van der Waals surface area contributed by atoms with Crippen molar-refractivity contribution < 1.29 is 0 Å². The summed E-state index contributed by atoms with van der Waals surface area (Å²) in [4.78, 5) is 0. The van der Waals surface area contributed by atoms with Crippen LogP contribution in [0, 0.1) is 11.3 Å². The Morgan fingerprint density at radius 2 is 1.90 bits per heavy atom. The normalized spacial score (nSPS) is 12.8. The Balaban J connectivity index is 2.82. The average Bonchev–Trinajstić information content (AvgIpc) is 2.36. The number of benzene rings is 1. The van der Waals surface area contributed by atoms with E-state index >= 15 is 0 Å². The molecule has 108 valence electrons. The zero-order valence-corrected chi connectivity index (χ0v) is 13.1. The molecule has 0 bridgehead atoms. The molecule has 0 aromatic heterocycles. The SMILES string of the molecule is C=CCC(C)(C)CC(=C)C(C)C(=C)c1ccccc1N. The third-order valence-electron chi connectivity index (χ3n) is 3.84. The van der Waals surface area contributed by atoms with E-state index in [4.69, 9.17) is 5.73 Å². The van der Waals surface area contributed by atoms with Crippen LogP contribution < -0.4 is 5.73 Å². The molecule has 0 radical (unpaired) electrons. The Kier molecular flexibility index (Phi) is 5.38. The Bertz CT molecular complexity index is 508. The summed E-state index contributed by atoms with van der Waals surface area (Å²) >= 11 is 0. The summed E-state index contributed by atoms with van der Waals surface area (Å²) in [5.74, 6) is 0.226. The maximum Gasteiger partial charge on any atom is 0.0390 e. The predicted octanol–water partition coefficient (Wildman–Crippen LogP) is 5.47. The molecule has 0 heterocycles. The minimum absolute atomic E-state index is 0.190. The summed E-state index contributed by atoms with van der Waals surface area (Å²) in [6, 6.07) is 7.88. The van der Waals surface area contributed by atoms with Crippen LogP contribution in [0.5, 0.6) is 0 Å². The Hall–Kier alpha value is -1.76. The van der Waals surface area contributed by atoms with Crippen molar-refractivity contribution in [3.63, 3.8) is 0 Å². The van der Waals surface area contributed by atoms with Crippen LogP contribution in [0.4, 0.5) is 5.69 Å². The van der Waals surface area contributed by atoms with Crippen LogP contribution in [0.3, 0.4) is 0 Å². The smallest absolute Gasteiger partial charge is 0.0390 e. The molecule has 0 fully saturated rings. The zero-order valence-electron chi connectivity index (χ0n) is 13.1. The van der Waals surface area contributed by atoms with Crippen LogP contribution in [0.2, 0.25) is 0 Å². The van der Waals surface area contributed by atoms with Crippen LogP contribution in [-0.2, 0) is 0 Å². The number of anilines is 1. The van der Waals surface area contributed by atoms with Crippen molar-refractivity contribution in [2.75, 3.05) is 5.73 Å². The second-order valence-electron chi connectivity index (χ2n) is 6.33. The number of hydrogen-bond acceptors (Lipinski definition) is 1. The van der Waals surface area contributed by atoms with Crippen molar-refractivity contribution in [1.82, 2.24) is 0 Å². The largest absolute Gasteiger partial charge is 0.398 e. The summed E-state index contributed by atoms with van der Waals surface area (Å²) in [6.07, 6.45) is 3.92. The summed E-state index contributed by atoms with van der Waals surface area (Å²) in [5, 5.41) is 0. The monoisotopic (exact) mass is 269 g/mol. The molecule has 0 aliphatic rings. The summed E-state index contributed by atoms with van der Waals surface area (Å²) in [6.45, 7) is 19.0. The van der Waals surface area contributed by atoms with Gasteiger partial charge in [-0.15, -0.1) is 6.58 Å². The summed E-state index contributed by atoms with van der Waals surface area (Å²) < 4.78 is 0. The first kappa shape index (κ1) is 16.3. The van der Waals surface area contributed by atoms with Gasteiger partial charge in [0, 0.05) is 17.2 Å². The van der Waals surface area contributed by atoms with Gasteiger partial charge in [0.1, 0.15) is 0 Å². The average molecular weight is 269 g/mol. The van der Waals surface area contributed by atoms with E-state index in [0.717, 1.165) is 29.7 Å². The van der Waals surface area contributed by atoms with Gasteiger partial charge in [0.2, 0.25) is 0 Å². The summed E-state index contributed by atoms with van der Waals surface area (Å²) in [7, 11) is 0. The van der Waals surface area contributed by atoms with Crippen molar-refractivity contribution >= 4 is 11.3 Å². The standard InChI is InChI=1S/C19H27N/c1-7-12-19(5,6)13-14(2)15(3)16(4)17-10-8-9-11-18(17)20/h7-11,15H,1-2,4,12-13,20H2,3,5-6H3. The molecule has 1 aromatic rings. The molecule has 0 saturated heterocycles. The molecule has 1 heteroatoms. The Labute approximate surface area is 123 Å². The first-order valence-electron chi connectivity index (χ1n) is 7.10. The van der Waals surface area contributed by atoms with Gasteiger partial charge in [0.05, 0.1) is 0 Å². The number of hydrogen-bond donors (Lipinski definition) is 1. The second kappa shape index (κ2) is 6.60. The lowest BCUT2D eigenvalue weighted by Crippen LogP contribution is -2.14. The molecule has 0 aliphatic heterocycles. The topological polar surface area (TPSA) is 26.0 Å². The molecule has 1 aromatic carbocycles. The van der Waals surface area contributed by atoms with Gasteiger partial charge in [-0.1, -0.05) is 63.8 Å². The fraction of sp³-hybridized carbons (Fsp3) is 0.368. The van der Waals surface area contributed by atoms with Crippen molar-refractivity contribution in [2.24, 2.45) is 11.3 Å². The van der Waals surface area contributed by atoms with Gasteiger partial charge in [0.25, 0.3) is 0 Å². The summed E-state index contributed by atoms with van der Waals surface area (Å²) in [5.41, 5.74) is 10.3. The molecule has 0 spiro atoms. The van der Waals surface area contributed by atoms with Gasteiger partial charge in [0.15, 0.2) is 0 Å². The molecular weight excluding hydrogens is 242 g/mol. The van der Waals surface area contributed by atoms with E-state index in [1.165, 1.54) is 5.57 Å². The molecule has 0 aliphatic carbocycles. The maximum absolute atomic E-state index is 6.03. The van der Waals surface area contributed by atoms with Gasteiger partial charge in [-0.25, -0.2) is 0 Å². The highest BCUT2D eigenvalue weighted by atomic mass is 14.6. The number of nitrogen functional groups attached to an aromatic ring is 1. The van der Waals surface area contributed by atoms with Gasteiger partial charge in [-0.3, -0.25) is 0 Å². The highest BCUT2D eigenvalue weighted by molar-refractivity contribution is 5.76. The third-order valence-corrected chi connectivity index (χ3v) is 3.84. The van der Waals surface area contributed by atoms with Crippen LogP contribution in [-0.4, -0.2) is 0 Å². The predicted molar refractivity (Wildman–Crippen MR) is 91.4 cm³/mol. The highest BCUT2D eigenvalue weighted by Crippen LogP contribution is 2.37. The Morgan fingerprint density at radius 3 is 2.45 bits per heavy atom. The second-order valence-corrected chi connectivity index (χ2v) is 6.33. The van der Waals surface area contributed by atoms with Crippen LogP contribution >= 0.6 is 0 Å². The molecule has 0 amide bonds. The molecule has 1 rings (SSSR count). The van der Waals surface area contributed by atoms with Crippen molar-refractivity contribution in [3.8, 4) is 0 Å². The lowest BCUT2D eigenvalue weighted by molar-refractivity contribution is 0.360. The molecule has 20 heavy (non-hydrogen) atoms. The van der Waals surface area contributed by atoms with Crippen molar-refractivity contribution in [3.05, 3.63) is 61.2 Å². The fourth-order valence-corrected chi connectivity index (χ4v) is 2.50. The third kappa shape index (κ3) is 4.12. The zero-order chi connectivity index (χ0) is 15.3. The lowest BCUT2D eigenvalue weighted by atomic mass is 9.77. The van der Waals surface area contributed by atoms with Gasteiger partial charge in [-0.2, -0.15) is 0 Å². The number of allylic oxidation sites excluding steroid dienone is 3. The molecule has 1 nitrogen and oxygen atoms in total. The van der Waals surface area contributed by atoms with E-state index in [9.17, 15) is 0 Å². The molecule has 1 unspecified atom stereocenters. The van der Waals surface area contributed by atoms with E-state index in [0.29, 0.717) is 0 Å². The highest BCUT2D eigenvalue weighted by Gasteiger charge is 2.22. The quantitative estimate of drug-likeness (QED) is 0.515. The van der Waals surface area contributed by atoms with Crippen molar-refractivity contribution in [2.45, 2.75) is 33.6 Å². The van der Waals surface area contributed by atoms with Crippen molar-refractivity contribution in [1.29, 1.82) is 0 Å². The first-order chi connectivity index (χ1) is 9.28. The lowest BCUT2D eigenvalue weighted by Gasteiger charge is -2.28. The first-order valence-corrected chi connectivity index (χ1v) is 7.10. The maximum atomic E-state index is 6.03. The van der Waals surface area contributed by atoms with Gasteiger partial charge in [-0.05, 0) is 29.9 Å². The van der Waals surface area contributed by atoms with E-state index in [1.54, 1.807) is 0 Å². The van der Waals surface area contributed by atoms with Crippen LogP contribution in [0.1, 0.15) is 39.2 Å². The molecule has 0 saturated carbocycles. The van der Waals surface area contributed by atoms with E-state index in [1.807, 2.05) is 30.3 Å². The number of para-hydroxylation sites is 1. The van der Waals surface area contributed by atoms with Gasteiger partial charge < -0.3 is 5.73 Å². The van der Waals surface area contributed by atoms with Crippen LogP contribution in [0.25, 0.3) is 5.57 Å². The number of rotatable bonds is 7.